The third kappa shape index (κ3) is 3.87. The summed E-state index contributed by atoms with van der Waals surface area (Å²) in [5.74, 6) is -1.90. The van der Waals surface area contributed by atoms with E-state index in [9.17, 15) is 32.3 Å². The van der Waals surface area contributed by atoms with Crippen molar-refractivity contribution in [2.45, 2.75) is 46.7 Å². The average molecular weight is 535 g/mol. The lowest BCUT2D eigenvalue weighted by Gasteiger charge is -2.24. The van der Waals surface area contributed by atoms with Crippen molar-refractivity contribution in [3.05, 3.63) is 117 Å². The molecule has 0 amide bonds. The Bertz CT molecular complexity index is 1930. The van der Waals surface area contributed by atoms with Crippen molar-refractivity contribution < 1.29 is 13.2 Å². The Kier molecular flexibility index (Phi) is 5.82. The minimum absolute atomic E-state index is 0.00119. The molecule has 0 aliphatic carbocycles. The summed E-state index contributed by atoms with van der Waals surface area (Å²) >= 11 is 0. The lowest BCUT2D eigenvalue weighted by atomic mass is 9.85. The first kappa shape index (κ1) is 26.3. The molecule has 0 spiro atoms. The van der Waals surface area contributed by atoms with E-state index in [-0.39, 0.29) is 38.4 Å². The van der Waals surface area contributed by atoms with Crippen LogP contribution in [0.1, 0.15) is 44.9 Å². The van der Waals surface area contributed by atoms with E-state index in [2.05, 4.69) is 0 Å². The fourth-order valence-corrected chi connectivity index (χ4v) is 5.61. The van der Waals surface area contributed by atoms with Crippen molar-refractivity contribution >= 4 is 21.5 Å². The highest BCUT2D eigenvalue weighted by Crippen LogP contribution is 2.42. The summed E-state index contributed by atoms with van der Waals surface area (Å²) in [5.41, 5.74) is 0.792. The molecule has 0 radical (unpaired) electrons. The van der Waals surface area contributed by atoms with Gasteiger partial charge in [0.05, 0.1) is 27.2 Å². The first-order valence-electron chi connectivity index (χ1n) is 12.3. The van der Waals surface area contributed by atoms with Gasteiger partial charge in [0, 0.05) is 7.05 Å². The van der Waals surface area contributed by atoms with Crippen molar-refractivity contribution in [3.63, 3.8) is 0 Å². The summed E-state index contributed by atoms with van der Waals surface area (Å²) in [6.07, 6.45) is -4.59. The van der Waals surface area contributed by atoms with Gasteiger partial charge in [-0.05, 0) is 85.7 Å². The monoisotopic (exact) mass is 534 g/mol. The van der Waals surface area contributed by atoms with E-state index < -0.39 is 34.3 Å². The van der Waals surface area contributed by atoms with Gasteiger partial charge in [0.15, 0.2) is 0 Å². The first-order chi connectivity index (χ1) is 18.1. The van der Waals surface area contributed by atoms with Crippen molar-refractivity contribution in [1.29, 1.82) is 0 Å². The fraction of sp³-hybridized carbons (Fsp3) is 0.267. The van der Waals surface area contributed by atoms with Crippen molar-refractivity contribution in [3.8, 4) is 5.69 Å². The van der Waals surface area contributed by atoms with Gasteiger partial charge >= 0.3 is 6.18 Å². The number of benzene rings is 3. The zero-order valence-corrected chi connectivity index (χ0v) is 22.2. The van der Waals surface area contributed by atoms with Gasteiger partial charge in [0.1, 0.15) is 5.92 Å². The highest BCUT2D eigenvalue weighted by Gasteiger charge is 2.42. The molecule has 0 fully saturated rings. The van der Waals surface area contributed by atoms with Crippen LogP contribution in [0.15, 0.2) is 55.6 Å². The van der Waals surface area contributed by atoms with Crippen molar-refractivity contribution in [1.82, 2.24) is 9.13 Å². The quantitative estimate of drug-likeness (QED) is 0.337. The van der Waals surface area contributed by atoms with Gasteiger partial charge in [-0.2, -0.15) is 13.2 Å². The Morgan fingerprint density at radius 1 is 0.590 bits per heavy atom. The van der Waals surface area contributed by atoms with E-state index >= 15 is 0 Å². The molecule has 0 aliphatic heterocycles. The van der Waals surface area contributed by atoms with E-state index in [0.29, 0.717) is 11.1 Å². The Morgan fingerprint density at radius 2 is 0.949 bits per heavy atom. The number of hydrogen-bond donors (Lipinski definition) is 0. The number of hydrogen-bond acceptors (Lipinski definition) is 4. The molecule has 2 aromatic heterocycles. The highest BCUT2D eigenvalue weighted by atomic mass is 19.4. The Morgan fingerprint density at radius 3 is 1.33 bits per heavy atom. The van der Waals surface area contributed by atoms with E-state index in [1.54, 1.807) is 39.8 Å². The zero-order chi connectivity index (χ0) is 28.7. The average Bonchev–Trinajstić information content (AvgIpc) is 3.20. The van der Waals surface area contributed by atoms with Crippen LogP contribution < -0.4 is 22.2 Å². The molecule has 5 rings (SSSR count). The third-order valence-electron chi connectivity index (χ3n) is 7.78. The van der Waals surface area contributed by atoms with Crippen LogP contribution in [0.3, 0.4) is 0 Å². The SMILES string of the molecule is Cc1cc(C(c2cc(C)c(-n3c(=O)c4cc5c(=O)n(C)c(=O)c5cc4c3=O)c(C)c2)C(F)(F)F)cc(C)c1C. The number of aryl methyl sites for hydroxylation is 4. The summed E-state index contributed by atoms with van der Waals surface area (Å²) in [5, 5.41) is 0.00296. The molecule has 0 saturated heterocycles. The van der Waals surface area contributed by atoms with Crippen LogP contribution in [-0.4, -0.2) is 15.3 Å². The van der Waals surface area contributed by atoms with E-state index in [0.717, 1.165) is 25.8 Å². The van der Waals surface area contributed by atoms with Gasteiger partial charge in [-0.3, -0.25) is 23.7 Å². The standard InChI is InChI=1S/C30H25F3N2O4/c1-13-7-18(8-14(2)17(13)5)24(30(31,32)33)19-9-15(3)25(16(4)10-19)35-28(38)22-11-20-21(12-23(22)29(35)39)27(37)34(6)26(20)36/h7-12,24H,1-6H3. The maximum Gasteiger partial charge on any atom is 0.399 e. The predicted molar refractivity (Wildman–Crippen MR) is 145 cm³/mol. The Balaban J connectivity index is 1.75. The molecule has 1 unspecified atom stereocenters. The van der Waals surface area contributed by atoms with Crippen LogP contribution in [0.4, 0.5) is 13.2 Å². The number of fused-ring (bicyclic) bond motifs is 2. The predicted octanol–water partition coefficient (Wildman–Crippen LogP) is 4.67. The van der Waals surface area contributed by atoms with Gasteiger partial charge in [-0.15, -0.1) is 0 Å². The molecule has 0 bridgehead atoms. The lowest BCUT2D eigenvalue weighted by Crippen LogP contribution is -2.26. The Hall–Kier alpha value is -4.27. The Labute approximate surface area is 220 Å². The molecule has 6 nitrogen and oxygen atoms in total. The van der Waals surface area contributed by atoms with Crippen LogP contribution in [0.5, 0.6) is 0 Å². The van der Waals surface area contributed by atoms with Crippen LogP contribution in [0, 0.1) is 34.6 Å². The van der Waals surface area contributed by atoms with Crippen LogP contribution in [0.2, 0.25) is 0 Å². The molecule has 200 valence electrons. The van der Waals surface area contributed by atoms with E-state index in [1.165, 1.54) is 31.3 Å². The van der Waals surface area contributed by atoms with Crippen LogP contribution >= 0.6 is 0 Å². The summed E-state index contributed by atoms with van der Waals surface area (Å²) in [6, 6.07) is 8.29. The van der Waals surface area contributed by atoms with Gasteiger partial charge in [0.25, 0.3) is 22.2 Å². The molecule has 3 aromatic carbocycles. The van der Waals surface area contributed by atoms with Gasteiger partial charge in [-0.25, -0.2) is 4.57 Å². The first-order valence-corrected chi connectivity index (χ1v) is 12.3. The number of halogens is 3. The maximum atomic E-state index is 14.5. The number of alkyl halides is 3. The normalized spacial score (nSPS) is 13.1. The largest absolute Gasteiger partial charge is 0.399 e. The maximum absolute atomic E-state index is 14.5. The summed E-state index contributed by atoms with van der Waals surface area (Å²) in [6.45, 7) is 8.51. The molecule has 39 heavy (non-hydrogen) atoms. The number of aromatic nitrogens is 2. The van der Waals surface area contributed by atoms with Gasteiger partial charge in [0.2, 0.25) is 0 Å². The molecular formula is C30H25F3N2O4. The van der Waals surface area contributed by atoms with Crippen LogP contribution in [0.25, 0.3) is 27.2 Å². The van der Waals surface area contributed by atoms with Gasteiger partial charge in [-0.1, -0.05) is 24.3 Å². The minimum Gasteiger partial charge on any atom is -0.277 e. The molecular weight excluding hydrogens is 509 g/mol. The summed E-state index contributed by atoms with van der Waals surface area (Å²) < 4.78 is 45.2. The molecule has 0 saturated carbocycles. The molecule has 0 aliphatic rings. The van der Waals surface area contributed by atoms with Crippen molar-refractivity contribution in [2.24, 2.45) is 7.05 Å². The molecule has 5 aromatic rings. The topological polar surface area (TPSA) is 78.1 Å². The minimum atomic E-state index is -4.59. The second-order valence-electron chi connectivity index (χ2n) is 10.3. The number of nitrogens with zero attached hydrogens (tertiary/aromatic N) is 2. The van der Waals surface area contributed by atoms with E-state index in [4.69, 9.17) is 0 Å². The summed E-state index contributed by atoms with van der Waals surface area (Å²) in [4.78, 5) is 51.6. The van der Waals surface area contributed by atoms with Crippen LogP contribution in [-0.2, 0) is 7.05 Å². The van der Waals surface area contributed by atoms with E-state index in [1.807, 2.05) is 6.92 Å². The second-order valence-corrected chi connectivity index (χ2v) is 10.3. The van der Waals surface area contributed by atoms with Crippen molar-refractivity contribution in [2.75, 3.05) is 0 Å². The molecule has 2 heterocycles. The third-order valence-corrected chi connectivity index (χ3v) is 7.78. The molecule has 9 heteroatoms. The lowest BCUT2D eigenvalue weighted by molar-refractivity contribution is -0.141. The highest BCUT2D eigenvalue weighted by molar-refractivity contribution is 5.98. The zero-order valence-electron chi connectivity index (χ0n) is 22.2. The second kappa shape index (κ2) is 8.62. The number of rotatable bonds is 3. The summed E-state index contributed by atoms with van der Waals surface area (Å²) in [7, 11) is 1.31. The van der Waals surface area contributed by atoms with Gasteiger partial charge < -0.3 is 0 Å². The smallest absolute Gasteiger partial charge is 0.277 e. The fourth-order valence-electron chi connectivity index (χ4n) is 5.61. The molecule has 0 N–H and O–H groups in total. The molecule has 1 atom stereocenters.